The van der Waals surface area contributed by atoms with E-state index in [1.807, 2.05) is 0 Å². The van der Waals surface area contributed by atoms with Gasteiger partial charge < -0.3 is 9.68 Å². The predicted molar refractivity (Wildman–Crippen MR) is 37.6 cm³/mol. The first kappa shape index (κ1) is 8.28. The van der Waals surface area contributed by atoms with Gasteiger partial charge in [0.1, 0.15) is 0 Å². The highest BCUT2D eigenvalue weighted by Crippen LogP contribution is 1.94. The van der Waals surface area contributed by atoms with Crippen LogP contribution in [0.15, 0.2) is 11.5 Å². The second-order valence-electron chi connectivity index (χ2n) is 1.64. The highest BCUT2D eigenvalue weighted by atomic mass is 16.5. The summed E-state index contributed by atoms with van der Waals surface area (Å²) in [4.78, 5) is 0. The number of hydrogen-bond donors (Lipinski definition) is 1. The quantitative estimate of drug-likeness (QED) is 0.421. The molecular weight excluding hydrogens is 115 g/mol. The van der Waals surface area contributed by atoms with E-state index in [0.717, 1.165) is 0 Å². The largest absolute Gasteiger partial charge is 0.487 e. The Morgan fingerprint density at radius 2 is 2.44 bits per heavy atom. The Morgan fingerprint density at radius 3 is 2.78 bits per heavy atom. The van der Waals surface area contributed by atoms with Crippen LogP contribution in [0.3, 0.4) is 0 Å². The van der Waals surface area contributed by atoms with Crippen LogP contribution in [-0.2, 0) is 4.65 Å². The van der Waals surface area contributed by atoms with Gasteiger partial charge in [0.05, 0.1) is 0 Å². The van der Waals surface area contributed by atoms with Crippen molar-refractivity contribution in [3.8, 4) is 12.3 Å². The summed E-state index contributed by atoms with van der Waals surface area (Å²) in [5, 5.41) is 8.87. The molecule has 0 atom stereocenters. The summed E-state index contributed by atoms with van der Waals surface area (Å²) in [6.45, 7) is 1.70. The number of rotatable bonds is 2. The highest BCUT2D eigenvalue weighted by molar-refractivity contribution is 6.52. The summed E-state index contributed by atoms with van der Waals surface area (Å²) < 4.78 is 4.56. The summed E-state index contributed by atoms with van der Waals surface area (Å²) in [5.74, 6) is 2.28. The molecule has 0 aromatic rings. The smallest absolute Gasteiger partial charge is 0.423 e. The topological polar surface area (TPSA) is 29.5 Å². The minimum atomic E-state index is -0.860. The van der Waals surface area contributed by atoms with Crippen LogP contribution < -0.4 is 0 Å². The molecule has 0 radical (unpaired) electrons. The van der Waals surface area contributed by atoms with Crippen LogP contribution in [0.5, 0.6) is 0 Å². The molecule has 0 amide bonds. The third-order valence-electron chi connectivity index (χ3n) is 0.924. The van der Waals surface area contributed by atoms with Gasteiger partial charge in [-0.15, -0.1) is 6.42 Å². The summed E-state index contributed by atoms with van der Waals surface area (Å²) in [6.07, 6.45) is 6.40. The molecule has 0 saturated carbocycles. The molecule has 0 fully saturated rings. The van der Waals surface area contributed by atoms with Gasteiger partial charge in [-0.05, 0) is 18.5 Å². The van der Waals surface area contributed by atoms with E-state index in [9.17, 15) is 0 Å². The molecule has 0 unspecified atom stereocenters. The van der Waals surface area contributed by atoms with Crippen molar-refractivity contribution in [2.45, 2.75) is 6.92 Å². The van der Waals surface area contributed by atoms with E-state index in [-0.39, 0.29) is 0 Å². The fourth-order valence-electron chi connectivity index (χ4n) is 0.389. The van der Waals surface area contributed by atoms with Gasteiger partial charge in [0.2, 0.25) is 0 Å². The van der Waals surface area contributed by atoms with Gasteiger partial charge in [-0.3, -0.25) is 0 Å². The maximum atomic E-state index is 8.87. The van der Waals surface area contributed by atoms with Crippen LogP contribution in [0, 0.1) is 12.3 Å². The molecule has 0 heterocycles. The third-order valence-corrected chi connectivity index (χ3v) is 0.924. The van der Waals surface area contributed by atoms with Crippen LogP contribution in [0.1, 0.15) is 6.92 Å². The molecule has 0 bridgehead atoms. The molecule has 0 saturated heterocycles. The first-order valence-corrected chi connectivity index (χ1v) is 2.56. The Bertz CT molecular complexity index is 146. The molecule has 0 aromatic heterocycles. The van der Waals surface area contributed by atoms with Crippen molar-refractivity contribution in [2.75, 3.05) is 7.11 Å². The van der Waals surface area contributed by atoms with Crippen LogP contribution in [0.4, 0.5) is 0 Å². The lowest BCUT2D eigenvalue weighted by Gasteiger charge is -1.99. The van der Waals surface area contributed by atoms with Gasteiger partial charge in [-0.1, -0.05) is 5.92 Å². The second kappa shape index (κ2) is 4.19. The SMILES string of the molecule is C#CC=C(C)B(O)OC. The Morgan fingerprint density at radius 1 is 1.89 bits per heavy atom. The van der Waals surface area contributed by atoms with E-state index in [1.165, 1.54) is 13.2 Å². The van der Waals surface area contributed by atoms with E-state index in [2.05, 4.69) is 10.6 Å². The standard InChI is InChI=1S/C6H9BO2/c1-4-5-6(2)7(8)9-3/h1,5,8H,2-3H3. The third kappa shape index (κ3) is 2.96. The minimum absolute atomic E-state index is 0.639. The monoisotopic (exact) mass is 124 g/mol. The van der Waals surface area contributed by atoms with Crippen LogP contribution in [-0.4, -0.2) is 19.3 Å². The zero-order valence-corrected chi connectivity index (χ0v) is 5.59. The van der Waals surface area contributed by atoms with E-state index in [0.29, 0.717) is 5.47 Å². The van der Waals surface area contributed by atoms with Crippen molar-refractivity contribution < 1.29 is 9.68 Å². The predicted octanol–water partition coefficient (Wildman–Crippen LogP) is 0.232. The van der Waals surface area contributed by atoms with Crippen molar-refractivity contribution in [2.24, 2.45) is 0 Å². The molecule has 0 aliphatic heterocycles. The molecule has 3 heteroatoms. The van der Waals surface area contributed by atoms with Crippen molar-refractivity contribution in [1.29, 1.82) is 0 Å². The number of hydrogen-bond acceptors (Lipinski definition) is 2. The molecule has 0 spiro atoms. The zero-order chi connectivity index (χ0) is 7.28. The van der Waals surface area contributed by atoms with Crippen LogP contribution in [0.2, 0.25) is 0 Å². The van der Waals surface area contributed by atoms with E-state index >= 15 is 0 Å². The maximum absolute atomic E-state index is 8.87. The van der Waals surface area contributed by atoms with Gasteiger partial charge in [0.25, 0.3) is 0 Å². The summed E-state index contributed by atoms with van der Waals surface area (Å²) >= 11 is 0. The number of terminal acetylenes is 1. The van der Waals surface area contributed by atoms with E-state index in [4.69, 9.17) is 11.4 Å². The molecule has 0 aliphatic carbocycles. The Labute approximate surface area is 55.7 Å². The lowest BCUT2D eigenvalue weighted by molar-refractivity contribution is 0.336. The molecule has 0 rings (SSSR count). The van der Waals surface area contributed by atoms with Gasteiger partial charge >= 0.3 is 7.12 Å². The molecule has 0 aliphatic rings. The van der Waals surface area contributed by atoms with Crippen molar-refractivity contribution in [3.05, 3.63) is 11.5 Å². The molecule has 1 N–H and O–H groups in total. The normalized spacial score (nSPS) is 10.7. The van der Waals surface area contributed by atoms with Gasteiger partial charge in [0.15, 0.2) is 0 Å². The number of allylic oxidation sites excluding steroid dienone is 2. The van der Waals surface area contributed by atoms with Gasteiger partial charge in [0, 0.05) is 7.11 Å². The van der Waals surface area contributed by atoms with Gasteiger partial charge in [-0.2, -0.15) is 0 Å². The summed E-state index contributed by atoms with van der Waals surface area (Å²) in [5.41, 5.74) is 0.639. The van der Waals surface area contributed by atoms with Crippen LogP contribution >= 0.6 is 0 Å². The molecule has 2 nitrogen and oxygen atoms in total. The van der Waals surface area contributed by atoms with Gasteiger partial charge in [-0.25, -0.2) is 0 Å². The highest BCUT2D eigenvalue weighted by Gasteiger charge is 2.11. The van der Waals surface area contributed by atoms with Crippen molar-refractivity contribution in [1.82, 2.24) is 0 Å². The maximum Gasteiger partial charge on any atom is 0.487 e. The fourth-order valence-corrected chi connectivity index (χ4v) is 0.389. The molecule has 0 aromatic carbocycles. The average molecular weight is 124 g/mol. The fraction of sp³-hybridized carbons (Fsp3) is 0.333. The molecule has 48 valence electrons. The van der Waals surface area contributed by atoms with Crippen molar-refractivity contribution >= 4 is 7.12 Å². The lowest BCUT2D eigenvalue weighted by atomic mass is 9.80. The Hall–Kier alpha value is -0.715. The minimum Gasteiger partial charge on any atom is -0.423 e. The Balaban J connectivity index is 3.89. The summed E-state index contributed by atoms with van der Waals surface area (Å²) in [6, 6.07) is 0. The lowest BCUT2D eigenvalue weighted by Crippen LogP contribution is -2.16. The first-order chi connectivity index (χ1) is 4.22. The van der Waals surface area contributed by atoms with E-state index in [1.54, 1.807) is 6.92 Å². The Kier molecular flexibility index (Phi) is 3.86. The second-order valence-corrected chi connectivity index (χ2v) is 1.64. The van der Waals surface area contributed by atoms with Crippen LogP contribution in [0.25, 0.3) is 0 Å². The molecule has 9 heavy (non-hydrogen) atoms. The zero-order valence-electron chi connectivity index (χ0n) is 5.59. The average Bonchev–Trinajstić information content (AvgIpc) is 1.87. The van der Waals surface area contributed by atoms with Crippen molar-refractivity contribution in [3.63, 3.8) is 0 Å². The van der Waals surface area contributed by atoms with E-state index < -0.39 is 7.12 Å². The first-order valence-electron chi connectivity index (χ1n) is 2.56. The molecular formula is C6H9BO2. The summed E-state index contributed by atoms with van der Waals surface area (Å²) in [7, 11) is 0.555.